The quantitative estimate of drug-likeness (QED) is 0.900. The van der Waals surface area contributed by atoms with Crippen molar-refractivity contribution in [1.29, 1.82) is 0 Å². The summed E-state index contributed by atoms with van der Waals surface area (Å²) in [5.41, 5.74) is 0.452. The fourth-order valence-corrected chi connectivity index (χ4v) is 3.40. The van der Waals surface area contributed by atoms with E-state index >= 15 is 0 Å². The van der Waals surface area contributed by atoms with Crippen molar-refractivity contribution in [2.24, 2.45) is 0 Å². The Kier molecular flexibility index (Phi) is 4.27. The van der Waals surface area contributed by atoms with Gasteiger partial charge in [0, 0.05) is 18.5 Å². The van der Waals surface area contributed by atoms with E-state index in [0.717, 1.165) is 24.3 Å². The highest BCUT2D eigenvalue weighted by atomic mass is 32.1. The summed E-state index contributed by atoms with van der Waals surface area (Å²) in [6.45, 7) is 6.91. The summed E-state index contributed by atoms with van der Waals surface area (Å²) in [5.74, 6) is -0.921. The van der Waals surface area contributed by atoms with Crippen molar-refractivity contribution >= 4 is 28.9 Å². The molecule has 0 unspecified atom stereocenters. The van der Waals surface area contributed by atoms with E-state index in [1.54, 1.807) is 11.9 Å². The molecule has 1 aliphatic heterocycles. The zero-order valence-corrected chi connectivity index (χ0v) is 13.7. The molecule has 1 aromatic heterocycles. The van der Waals surface area contributed by atoms with E-state index in [0.29, 0.717) is 5.69 Å². The highest BCUT2D eigenvalue weighted by Crippen LogP contribution is 2.36. The Labute approximate surface area is 129 Å². The van der Waals surface area contributed by atoms with E-state index in [9.17, 15) is 14.7 Å². The summed E-state index contributed by atoms with van der Waals surface area (Å²) in [5, 5.41) is 12.5. The molecule has 2 heterocycles. The molecular formula is C15H22N2O3S. The molecule has 116 valence electrons. The van der Waals surface area contributed by atoms with Crippen LogP contribution in [0.3, 0.4) is 0 Å². The minimum Gasteiger partial charge on any atom is -0.477 e. The van der Waals surface area contributed by atoms with Gasteiger partial charge >= 0.3 is 5.97 Å². The van der Waals surface area contributed by atoms with Crippen LogP contribution in [0.15, 0.2) is 6.07 Å². The molecule has 0 radical (unpaired) electrons. The lowest BCUT2D eigenvalue weighted by Gasteiger charge is -2.30. The van der Waals surface area contributed by atoms with Crippen LogP contribution in [0.25, 0.3) is 0 Å². The molecule has 6 heteroatoms. The van der Waals surface area contributed by atoms with E-state index in [-0.39, 0.29) is 22.2 Å². The first-order chi connectivity index (χ1) is 9.70. The van der Waals surface area contributed by atoms with Crippen molar-refractivity contribution in [3.8, 4) is 0 Å². The lowest BCUT2D eigenvalue weighted by atomic mass is 9.94. The second-order valence-electron chi connectivity index (χ2n) is 6.51. The van der Waals surface area contributed by atoms with Crippen molar-refractivity contribution in [3.05, 3.63) is 15.8 Å². The monoisotopic (exact) mass is 310 g/mol. The number of hydrogen-bond acceptors (Lipinski definition) is 4. The molecule has 0 spiro atoms. The number of nitrogens with zero attached hydrogens (tertiary/aromatic N) is 1. The summed E-state index contributed by atoms with van der Waals surface area (Å²) in [4.78, 5) is 26.5. The van der Waals surface area contributed by atoms with E-state index in [1.165, 1.54) is 11.3 Å². The standard InChI is InChI=1S/C15H22N2O3S/c1-15(2,3)11-8-10(12(21-11)14(19)20)16-9-6-5-7-17(4)13(9)18/h8-9,16H,5-7H2,1-4H3,(H,19,20)/t9-/m0/s1. The Bertz CT molecular complexity index is 560. The number of amides is 1. The molecule has 5 nitrogen and oxygen atoms in total. The molecule has 0 aliphatic carbocycles. The van der Waals surface area contributed by atoms with Crippen LogP contribution in [0.4, 0.5) is 5.69 Å². The minimum atomic E-state index is -0.949. The maximum Gasteiger partial charge on any atom is 0.348 e. The van der Waals surface area contributed by atoms with Gasteiger partial charge in [0.1, 0.15) is 10.9 Å². The number of anilines is 1. The van der Waals surface area contributed by atoms with Crippen molar-refractivity contribution in [2.75, 3.05) is 18.9 Å². The van der Waals surface area contributed by atoms with Gasteiger partial charge < -0.3 is 15.3 Å². The van der Waals surface area contributed by atoms with Gasteiger partial charge in [-0.3, -0.25) is 4.79 Å². The van der Waals surface area contributed by atoms with Crippen LogP contribution in [0.1, 0.15) is 48.2 Å². The van der Waals surface area contributed by atoms with Gasteiger partial charge in [0.15, 0.2) is 0 Å². The summed E-state index contributed by atoms with van der Waals surface area (Å²) in [7, 11) is 1.78. The molecule has 2 N–H and O–H groups in total. The Morgan fingerprint density at radius 3 is 2.71 bits per heavy atom. The van der Waals surface area contributed by atoms with Crippen LogP contribution >= 0.6 is 11.3 Å². The van der Waals surface area contributed by atoms with Gasteiger partial charge in [0.25, 0.3) is 0 Å². The van der Waals surface area contributed by atoms with Crippen LogP contribution < -0.4 is 5.32 Å². The van der Waals surface area contributed by atoms with Gasteiger partial charge in [-0.05, 0) is 24.3 Å². The molecule has 2 rings (SSSR count). The third kappa shape index (κ3) is 3.37. The van der Waals surface area contributed by atoms with Gasteiger partial charge in [0.05, 0.1) is 5.69 Å². The highest BCUT2D eigenvalue weighted by Gasteiger charge is 2.29. The van der Waals surface area contributed by atoms with Gasteiger partial charge in [-0.1, -0.05) is 20.8 Å². The fourth-order valence-electron chi connectivity index (χ4n) is 2.38. The molecule has 0 aromatic carbocycles. The predicted octanol–water partition coefficient (Wildman–Crippen LogP) is 2.78. The number of piperidine rings is 1. The second-order valence-corrected chi connectivity index (χ2v) is 7.56. The van der Waals surface area contributed by atoms with Crippen molar-refractivity contribution < 1.29 is 14.7 Å². The topological polar surface area (TPSA) is 69.6 Å². The molecular weight excluding hydrogens is 288 g/mol. The third-order valence-corrected chi connectivity index (χ3v) is 5.20. The summed E-state index contributed by atoms with van der Waals surface area (Å²) in [6.07, 6.45) is 1.67. The number of hydrogen-bond donors (Lipinski definition) is 2. The first-order valence-corrected chi connectivity index (χ1v) is 7.91. The minimum absolute atomic E-state index is 0.0288. The number of carboxylic acid groups (broad SMARTS) is 1. The zero-order chi connectivity index (χ0) is 15.8. The van der Waals surface area contributed by atoms with Gasteiger partial charge in [-0.25, -0.2) is 4.79 Å². The molecule has 1 aliphatic rings. The van der Waals surface area contributed by atoms with E-state index in [2.05, 4.69) is 5.32 Å². The lowest BCUT2D eigenvalue weighted by molar-refractivity contribution is -0.132. The number of carboxylic acids is 1. The predicted molar refractivity (Wildman–Crippen MR) is 84.3 cm³/mol. The lowest BCUT2D eigenvalue weighted by Crippen LogP contribution is -2.45. The van der Waals surface area contributed by atoms with Crippen LogP contribution in [-0.4, -0.2) is 41.5 Å². The van der Waals surface area contributed by atoms with Crippen LogP contribution in [-0.2, 0) is 10.2 Å². The van der Waals surface area contributed by atoms with Crippen LogP contribution in [0.5, 0.6) is 0 Å². The third-order valence-electron chi connectivity index (χ3n) is 3.66. The number of carbonyl (C=O) groups excluding carboxylic acids is 1. The molecule has 1 amide bonds. The maximum absolute atomic E-state index is 12.1. The first-order valence-electron chi connectivity index (χ1n) is 7.09. The van der Waals surface area contributed by atoms with Crippen LogP contribution in [0, 0.1) is 0 Å². The Balaban J connectivity index is 2.28. The van der Waals surface area contributed by atoms with E-state index in [4.69, 9.17) is 0 Å². The largest absolute Gasteiger partial charge is 0.477 e. The van der Waals surface area contributed by atoms with Gasteiger partial charge in [0.2, 0.25) is 5.91 Å². The number of likely N-dealkylation sites (tertiary alicyclic amines) is 1. The van der Waals surface area contributed by atoms with Crippen molar-refractivity contribution in [2.45, 2.75) is 45.1 Å². The Morgan fingerprint density at radius 2 is 2.14 bits per heavy atom. The summed E-state index contributed by atoms with van der Waals surface area (Å²) >= 11 is 1.28. The zero-order valence-electron chi connectivity index (χ0n) is 12.9. The number of thiophene rings is 1. The average molecular weight is 310 g/mol. The maximum atomic E-state index is 12.1. The number of carbonyl (C=O) groups is 2. The second kappa shape index (κ2) is 5.67. The molecule has 1 aromatic rings. The molecule has 21 heavy (non-hydrogen) atoms. The smallest absolute Gasteiger partial charge is 0.348 e. The average Bonchev–Trinajstić information content (AvgIpc) is 2.79. The van der Waals surface area contributed by atoms with Crippen LogP contribution in [0.2, 0.25) is 0 Å². The Hall–Kier alpha value is -1.56. The molecule has 1 fully saturated rings. The summed E-state index contributed by atoms with van der Waals surface area (Å²) in [6, 6.07) is 1.54. The van der Waals surface area contributed by atoms with E-state index in [1.807, 2.05) is 26.8 Å². The summed E-state index contributed by atoms with van der Waals surface area (Å²) < 4.78 is 0. The first kappa shape index (κ1) is 15.8. The van der Waals surface area contributed by atoms with Gasteiger partial charge in [-0.2, -0.15) is 0 Å². The number of nitrogens with one attached hydrogen (secondary N) is 1. The van der Waals surface area contributed by atoms with Crippen molar-refractivity contribution in [3.63, 3.8) is 0 Å². The number of likely N-dealkylation sites (N-methyl/N-ethyl adjacent to an activating group) is 1. The van der Waals surface area contributed by atoms with E-state index < -0.39 is 5.97 Å². The van der Waals surface area contributed by atoms with Gasteiger partial charge in [-0.15, -0.1) is 11.3 Å². The Morgan fingerprint density at radius 1 is 1.48 bits per heavy atom. The van der Waals surface area contributed by atoms with Crippen molar-refractivity contribution in [1.82, 2.24) is 4.90 Å². The normalized spacial score (nSPS) is 19.7. The SMILES string of the molecule is CN1CCC[C@H](Nc2cc(C(C)(C)C)sc2C(=O)O)C1=O. The number of rotatable bonds is 3. The molecule has 0 bridgehead atoms. The molecule has 1 saturated heterocycles. The molecule has 1 atom stereocenters. The number of aromatic carboxylic acids is 1. The molecule has 0 saturated carbocycles. The fraction of sp³-hybridized carbons (Fsp3) is 0.600. The highest BCUT2D eigenvalue weighted by molar-refractivity contribution is 7.14.